The number of fused-ring (bicyclic) bond motifs is 1. The standard InChI is InChI=1S/C23H26O6/c1-15(24)26-18(17-12-8-5-9-13-17)20-19(25-14-16-10-6-4-7-11-16)21-22(27-20)29-23(2,3)28-21/h4-13,18-22H,14H2,1-3H3/t18-,19-,20+,21+,22+/m0/s1. The lowest BCUT2D eigenvalue weighted by atomic mass is 9.98. The van der Waals surface area contributed by atoms with E-state index in [0.717, 1.165) is 11.1 Å². The van der Waals surface area contributed by atoms with Gasteiger partial charge in [0.25, 0.3) is 0 Å². The first-order chi connectivity index (χ1) is 13.9. The summed E-state index contributed by atoms with van der Waals surface area (Å²) in [6, 6.07) is 19.4. The Hall–Kier alpha value is -2.25. The third-order valence-corrected chi connectivity index (χ3v) is 5.03. The number of esters is 1. The van der Waals surface area contributed by atoms with Crippen LogP contribution in [0.4, 0.5) is 0 Å². The first-order valence-electron chi connectivity index (χ1n) is 9.82. The highest BCUT2D eigenvalue weighted by atomic mass is 16.8. The van der Waals surface area contributed by atoms with E-state index in [1.54, 1.807) is 0 Å². The molecule has 6 heteroatoms. The lowest BCUT2D eigenvalue weighted by Crippen LogP contribution is -2.40. The van der Waals surface area contributed by atoms with Gasteiger partial charge in [-0.15, -0.1) is 0 Å². The van der Waals surface area contributed by atoms with E-state index in [-0.39, 0.29) is 5.97 Å². The second-order valence-electron chi connectivity index (χ2n) is 7.77. The summed E-state index contributed by atoms with van der Waals surface area (Å²) in [5.41, 5.74) is 1.87. The third-order valence-electron chi connectivity index (χ3n) is 5.03. The minimum absolute atomic E-state index is 0.386. The Morgan fingerprint density at radius 3 is 2.34 bits per heavy atom. The van der Waals surface area contributed by atoms with Gasteiger partial charge < -0.3 is 23.7 Å². The van der Waals surface area contributed by atoms with Crippen molar-refractivity contribution in [2.24, 2.45) is 0 Å². The Labute approximate surface area is 170 Å². The van der Waals surface area contributed by atoms with Crippen LogP contribution in [0.5, 0.6) is 0 Å². The Kier molecular flexibility index (Phi) is 5.69. The highest BCUT2D eigenvalue weighted by Gasteiger charge is 2.58. The summed E-state index contributed by atoms with van der Waals surface area (Å²) in [5, 5.41) is 0. The number of benzene rings is 2. The summed E-state index contributed by atoms with van der Waals surface area (Å²) >= 11 is 0. The van der Waals surface area contributed by atoms with Gasteiger partial charge in [0.2, 0.25) is 0 Å². The van der Waals surface area contributed by atoms with Crippen molar-refractivity contribution >= 4 is 5.97 Å². The normalized spacial score (nSPS) is 28.7. The van der Waals surface area contributed by atoms with Crippen molar-refractivity contribution in [2.45, 2.75) is 63.9 Å². The second kappa shape index (κ2) is 8.24. The largest absolute Gasteiger partial charge is 0.455 e. The Morgan fingerprint density at radius 1 is 1.03 bits per heavy atom. The second-order valence-corrected chi connectivity index (χ2v) is 7.77. The van der Waals surface area contributed by atoms with E-state index in [1.165, 1.54) is 6.92 Å². The van der Waals surface area contributed by atoms with Gasteiger partial charge in [0.15, 0.2) is 18.2 Å². The highest BCUT2D eigenvalue weighted by Crippen LogP contribution is 2.43. The molecule has 0 unspecified atom stereocenters. The van der Waals surface area contributed by atoms with Crippen molar-refractivity contribution < 1.29 is 28.5 Å². The molecular formula is C23H26O6. The van der Waals surface area contributed by atoms with Crippen LogP contribution in [0, 0.1) is 0 Å². The predicted molar refractivity (Wildman–Crippen MR) is 105 cm³/mol. The van der Waals surface area contributed by atoms with Gasteiger partial charge in [0.1, 0.15) is 18.3 Å². The maximum absolute atomic E-state index is 11.8. The molecule has 2 aromatic rings. The quantitative estimate of drug-likeness (QED) is 0.691. The Morgan fingerprint density at radius 2 is 1.69 bits per heavy atom. The SMILES string of the molecule is CC(=O)O[C@@H](c1ccccc1)[C@H]1O[C@@H]2OC(C)(C)O[C@@H]2[C@H]1OCc1ccccc1. The lowest BCUT2D eigenvalue weighted by molar-refractivity contribution is -0.234. The van der Waals surface area contributed by atoms with Gasteiger partial charge in [0.05, 0.1) is 6.61 Å². The molecule has 2 aliphatic rings. The number of rotatable bonds is 6. The van der Waals surface area contributed by atoms with Gasteiger partial charge in [-0.3, -0.25) is 4.79 Å². The summed E-state index contributed by atoms with van der Waals surface area (Å²) in [6.45, 7) is 5.47. The summed E-state index contributed by atoms with van der Waals surface area (Å²) in [6.07, 6.45) is -2.66. The lowest BCUT2D eigenvalue weighted by Gasteiger charge is -2.30. The number of hydrogen-bond acceptors (Lipinski definition) is 6. The van der Waals surface area contributed by atoms with Gasteiger partial charge in [-0.2, -0.15) is 0 Å². The van der Waals surface area contributed by atoms with Crippen LogP contribution >= 0.6 is 0 Å². The molecule has 6 nitrogen and oxygen atoms in total. The van der Waals surface area contributed by atoms with Gasteiger partial charge in [-0.25, -0.2) is 0 Å². The molecule has 0 bridgehead atoms. The molecule has 2 saturated heterocycles. The molecule has 4 rings (SSSR count). The molecule has 0 aromatic heterocycles. The Bertz CT molecular complexity index is 822. The molecule has 0 radical (unpaired) electrons. The zero-order chi connectivity index (χ0) is 20.4. The predicted octanol–water partition coefficient (Wildman–Crippen LogP) is 3.75. The minimum Gasteiger partial charge on any atom is -0.455 e. The van der Waals surface area contributed by atoms with Gasteiger partial charge in [-0.05, 0) is 25.0 Å². The van der Waals surface area contributed by atoms with E-state index in [9.17, 15) is 4.79 Å². The average Bonchev–Trinajstić information content (AvgIpc) is 3.17. The van der Waals surface area contributed by atoms with Crippen LogP contribution in [-0.2, 0) is 35.1 Å². The molecule has 0 N–H and O–H groups in total. The summed E-state index contributed by atoms with van der Waals surface area (Å²) in [4.78, 5) is 11.8. The van der Waals surface area contributed by atoms with Crippen LogP contribution in [-0.4, -0.2) is 36.4 Å². The molecule has 0 saturated carbocycles. The molecule has 0 spiro atoms. The van der Waals surface area contributed by atoms with E-state index in [1.807, 2.05) is 74.5 Å². The number of carbonyl (C=O) groups is 1. The topological polar surface area (TPSA) is 63.2 Å². The van der Waals surface area contributed by atoms with E-state index in [0.29, 0.717) is 6.61 Å². The first-order valence-corrected chi connectivity index (χ1v) is 9.82. The molecule has 154 valence electrons. The monoisotopic (exact) mass is 398 g/mol. The highest BCUT2D eigenvalue weighted by molar-refractivity contribution is 5.66. The van der Waals surface area contributed by atoms with Crippen molar-refractivity contribution in [1.82, 2.24) is 0 Å². The third kappa shape index (κ3) is 4.51. The van der Waals surface area contributed by atoms with E-state index < -0.39 is 36.5 Å². The smallest absolute Gasteiger partial charge is 0.303 e. The molecule has 0 amide bonds. The molecule has 2 aliphatic heterocycles. The average molecular weight is 398 g/mol. The summed E-state index contributed by atoms with van der Waals surface area (Å²) in [7, 11) is 0. The number of ether oxygens (including phenoxy) is 5. The van der Waals surface area contributed by atoms with Gasteiger partial charge >= 0.3 is 5.97 Å². The molecule has 29 heavy (non-hydrogen) atoms. The van der Waals surface area contributed by atoms with Crippen molar-refractivity contribution in [3.63, 3.8) is 0 Å². The summed E-state index contributed by atoms with van der Waals surface area (Å²) < 4.78 is 30.1. The van der Waals surface area contributed by atoms with Crippen molar-refractivity contribution in [3.8, 4) is 0 Å². The zero-order valence-corrected chi connectivity index (χ0v) is 16.8. The van der Waals surface area contributed by atoms with Crippen LogP contribution in [0.1, 0.15) is 38.0 Å². The van der Waals surface area contributed by atoms with Gasteiger partial charge in [-0.1, -0.05) is 60.7 Å². The molecule has 2 aromatic carbocycles. The minimum atomic E-state index is -0.766. The van der Waals surface area contributed by atoms with Crippen molar-refractivity contribution in [3.05, 3.63) is 71.8 Å². The van der Waals surface area contributed by atoms with E-state index >= 15 is 0 Å². The van der Waals surface area contributed by atoms with Crippen LogP contribution in [0.3, 0.4) is 0 Å². The molecule has 0 aliphatic carbocycles. The van der Waals surface area contributed by atoms with Crippen LogP contribution in [0.25, 0.3) is 0 Å². The summed E-state index contributed by atoms with van der Waals surface area (Å²) in [5.74, 6) is -1.15. The van der Waals surface area contributed by atoms with Crippen LogP contribution < -0.4 is 0 Å². The van der Waals surface area contributed by atoms with Crippen molar-refractivity contribution in [2.75, 3.05) is 0 Å². The fraction of sp³-hybridized carbons (Fsp3) is 0.435. The zero-order valence-electron chi connectivity index (χ0n) is 16.8. The first kappa shape index (κ1) is 20.0. The fourth-order valence-electron chi connectivity index (χ4n) is 3.85. The maximum Gasteiger partial charge on any atom is 0.303 e. The van der Waals surface area contributed by atoms with Crippen molar-refractivity contribution in [1.29, 1.82) is 0 Å². The fourth-order valence-corrected chi connectivity index (χ4v) is 3.85. The molecule has 2 heterocycles. The number of hydrogen-bond donors (Lipinski definition) is 0. The van der Waals surface area contributed by atoms with Crippen LogP contribution in [0.2, 0.25) is 0 Å². The van der Waals surface area contributed by atoms with Crippen LogP contribution in [0.15, 0.2) is 60.7 Å². The maximum atomic E-state index is 11.8. The van der Waals surface area contributed by atoms with E-state index in [2.05, 4.69) is 0 Å². The number of carbonyl (C=O) groups excluding carboxylic acids is 1. The molecular weight excluding hydrogens is 372 g/mol. The van der Waals surface area contributed by atoms with E-state index in [4.69, 9.17) is 23.7 Å². The molecule has 5 atom stereocenters. The Balaban J connectivity index is 1.61. The molecule has 2 fully saturated rings. The van der Waals surface area contributed by atoms with Gasteiger partial charge in [0, 0.05) is 6.92 Å².